The maximum Gasteiger partial charge on any atom is 0.352 e. The summed E-state index contributed by atoms with van der Waals surface area (Å²) in [6, 6.07) is 2.61. The number of aromatic carboxylic acids is 1. The molecule has 0 spiro atoms. The first-order valence-corrected chi connectivity index (χ1v) is 4.59. The number of rotatable bonds is 1. The quantitative estimate of drug-likeness (QED) is 0.787. The van der Waals surface area contributed by atoms with E-state index in [1.54, 1.807) is 6.92 Å². The largest absolute Gasteiger partial charge is 0.477 e. The van der Waals surface area contributed by atoms with Gasteiger partial charge in [0.1, 0.15) is 11.5 Å². The Labute approximate surface area is 89.5 Å². The molecule has 0 radical (unpaired) electrons. The summed E-state index contributed by atoms with van der Waals surface area (Å²) in [5.74, 6) is -1.64. The van der Waals surface area contributed by atoms with E-state index in [4.69, 9.17) is 16.7 Å². The molecule has 0 bridgehead atoms. The lowest BCUT2D eigenvalue weighted by molar-refractivity contribution is 0.0691. The number of aromatic nitrogens is 1. The number of fused-ring (bicyclic) bond motifs is 1. The molecule has 0 saturated heterocycles. The molecule has 0 aliphatic rings. The summed E-state index contributed by atoms with van der Waals surface area (Å²) in [7, 11) is 0. The van der Waals surface area contributed by atoms with E-state index < -0.39 is 11.8 Å². The highest BCUT2D eigenvalue weighted by Gasteiger charge is 2.15. The van der Waals surface area contributed by atoms with Crippen LogP contribution in [0.2, 0.25) is 5.02 Å². The van der Waals surface area contributed by atoms with Crippen LogP contribution in [-0.4, -0.2) is 16.1 Å². The predicted molar refractivity (Wildman–Crippen MR) is 55.0 cm³/mol. The number of aromatic amines is 1. The van der Waals surface area contributed by atoms with Crippen LogP contribution in [0.1, 0.15) is 16.1 Å². The fourth-order valence-corrected chi connectivity index (χ4v) is 1.70. The van der Waals surface area contributed by atoms with Gasteiger partial charge in [-0.2, -0.15) is 0 Å². The topological polar surface area (TPSA) is 53.1 Å². The molecule has 1 aromatic heterocycles. The fourth-order valence-electron chi connectivity index (χ4n) is 1.54. The van der Waals surface area contributed by atoms with E-state index >= 15 is 0 Å². The normalized spacial score (nSPS) is 10.9. The molecule has 2 rings (SSSR count). The zero-order chi connectivity index (χ0) is 11.2. The minimum Gasteiger partial charge on any atom is -0.477 e. The minimum atomic E-state index is -1.07. The Morgan fingerprint density at radius 3 is 2.80 bits per heavy atom. The minimum absolute atomic E-state index is 0.0125. The molecule has 0 fully saturated rings. The van der Waals surface area contributed by atoms with Crippen LogP contribution in [-0.2, 0) is 0 Å². The maximum atomic E-state index is 13.1. The maximum absolute atomic E-state index is 13.1. The molecule has 2 aromatic rings. The SMILES string of the molecule is Cc1c(C(=O)O)[nH]c2cc(F)c(Cl)cc12. The van der Waals surface area contributed by atoms with Crippen molar-refractivity contribution in [2.45, 2.75) is 6.92 Å². The van der Waals surface area contributed by atoms with Crippen LogP contribution in [0.4, 0.5) is 4.39 Å². The van der Waals surface area contributed by atoms with Gasteiger partial charge in [-0.05, 0) is 24.6 Å². The van der Waals surface area contributed by atoms with E-state index in [0.29, 0.717) is 16.5 Å². The van der Waals surface area contributed by atoms with Gasteiger partial charge in [0.2, 0.25) is 0 Å². The van der Waals surface area contributed by atoms with Gasteiger partial charge in [-0.1, -0.05) is 11.6 Å². The van der Waals surface area contributed by atoms with Gasteiger partial charge in [-0.3, -0.25) is 0 Å². The van der Waals surface area contributed by atoms with Crippen molar-refractivity contribution in [3.63, 3.8) is 0 Å². The first-order valence-electron chi connectivity index (χ1n) is 4.21. The molecule has 3 nitrogen and oxygen atoms in total. The standard InChI is InChI=1S/C10H7ClFNO2/c1-4-5-2-6(11)7(12)3-8(5)13-9(4)10(14)15/h2-3,13H,1H3,(H,14,15). The molecular formula is C10H7ClFNO2. The molecule has 0 aliphatic heterocycles. The summed E-state index contributed by atoms with van der Waals surface area (Å²) in [5.41, 5.74) is 1.05. The van der Waals surface area contributed by atoms with Crippen LogP contribution < -0.4 is 0 Å². The summed E-state index contributed by atoms with van der Waals surface area (Å²) >= 11 is 5.61. The van der Waals surface area contributed by atoms with Crippen LogP contribution in [0, 0.1) is 12.7 Å². The Morgan fingerprint density at radius 2 is 2.20 bits per heavy atom. The molecule has 0 aliphatic carbocycles. The van der Waals surface area contributed by atoms with Crippen molar-refractivity contribution in [3.05, 3.63) is 34.2 Å². The fraction of sp³-hybridized carbons (Fsp3) is 0.100. The Hall–Kier alpha value is -1.55. The number of aryl methyl sites for hydroxylation is 1. The molecule has 0 amide bonds. The molecule has 1 aromatic carbocycles. The Morgan fingerprint density at radius 1 is 1.53 bits per heavy atom. The number of H-pyrrole nitrogens is 1. The van der Waals surface area contributed by atoms with Gasteiger partial charge in [-0.25, -0.2) is 9.18 Å². The third kappa shape index (κ3) is 1.47. The van der Waals surface area contributed by atoms with Crippen LogP contribution in [0.5, 0.6) is 0 Å². The molecule has 1 heterocycles. The molecule has 15 heavy (non-hydrogen) atoms. The number of benzene rings is 1. The average molecular weight is 228 g/mol. The zero-order valence-corrected chi connectivity index (χ0v) is 8.52. The summed E-state index contributed by atoms with van der Waals surface area (Å²) < 4.78 is 13.1. The molecule has 0 unspecified atom stereocenters. The highest BCUT2D eigenvalue weighted by atomic mass is 35.5. The van der Waals surface area contributed by atoms with Crippen molar-refractivity contribution >= 4 is 28.5 Å². The second-order valence-corrected chi connectivity index (χ2v) is 3.65. The van der Waals surface area contributed by atoms with Crippen molar-refractivity contribution < 1.29 is 14.3 Å². The van der Waals surface area contributed by atoms with Gasteiger partial charge >= 0.3 is 5.97 Å². The van der Waals surface area contributed by atoms with Crippen molar-refractivity contribution in [1.29, 1.82) is 0 Å². The number of carbonyl (C=O) groups is 1. The predicted octanol–water partition coefficient (Wildman–Crippen LogP) is 2.97. The van der Waals surface area contributed by atoms with E-state index in [1.165, 1.54) is 12.1 Å². The summed E-state index contributed by atoms with van der Waals surface area (Å²) in [4.78, 5) is 13.4. The molecule has 0 atom stereocenters. The van der Waals surface area contributed by atoms with Gasteiger partial charge < -0.3 is 10.1 Å². The number of halogens is 2. The summed E-state index contributed by atoms with van der Waals surface area (Å²) in [6.07, 6.45) is 0. The van der Waals surface area contributed by atoms with Gasteiger partial charge in [0.25, 0.3) is 0 Å². The van der Waals surface area contributed by atoms with Gasteiger partial charge in [0, 0.05) is 10.9 Å². The third-order valence-electron chi connectivity index (χ3n) is 2.31. The second kappa shape index (κ2) is 3.24. The molecule has 0 saturated carbocycles. The highest BCUT2D eigenvalue weighted by molar-refractivity contribution is 6.31. The number of hydrogen-bond acceptors (Lipinski definition) is 1. The van der Waals surface area contributed by atoms with Crippen LogP contribution in [0.15, 0.2) is 12.1 Å². The number of hydrogen-bond donors (Lipinski definition) is 2. The third-order valence-corrected chi connectivity index (χ3v) is 2.60. The lowest BCUT2D eigenvalue weighted by atomic mass is 10.1. The smallest absolute Gasteiger partial charge is 0.352 e. The Balaban J connectivity index is 2.83. The van der Waals surface area contributed by atoms with Crippen molar-refractivity contribution in [2.24, 2.45) is 0 Å². The molecule has 2 N–H and O–H groups in total. The second-order valence-electron chi connectivity index (χ2n) is 3.24. The lowest BCUT2D eigenvalue weighted by Crippen LogP contribution is -1.97. The van der Waals surface area contributed by atoms with E-state index in [-0.39, 0.29) is 10.7 Å². The van der Waals surface area contributed by atoms with Gasteiger partial charge in [0.05, 0.1) is 5.02 Å². The number of carboxylic acids is 1. The molecular weight excluding hydrogens is 221 g/mol. The number of nitrogens with one attached hydrogen (secondary N) is 1. The van der Waals surface area contributed by atoms with Crippen LogP contribution >= 0.6 is 11.6 Å². The van der Waals surface area contributed by atoms with Crippen molar-refractivity contribution in [2.75, 3.05) is 0 Å². The van der Waals surface area contributed by atoms with E-state index in [1.807, 2.05) is 0 Å². The monoisotopic (exact) mass is 227 g/mol. The highest BCUT2D eigenvalue weighted by Crippen LogP contribution is 2.27. The number of carboxylic acid groups (broad SMARTS) is 1. The Kier molecular flexibility index (Phi) is 2.16. The first kappa shape index (κ1) is 9.98. The van der Waals surface area contributed by atoms with Crippen molar-refractivity contribution in [3.8, 4) is 0 Å². The van der Waals surface area contributed by atoms with Gasteiger partial charge in [0.15, 0.2) is 0 Å². The van der Waals surface area contributed by atoms with Crippen LogP contribution in [0.3, 0.4) is 0 Å². The van der Waals surface area contributed by atoms with Gasteiger partial charge in [-0.15, -0.1) is 0 Å². The van der Waals surface area contributed by atoms with E-state index in [9.17, 15) is 9.18 Å². The van der Waals surface area contributed by atoms with Crippen LogP contribution in [0.25, 0.3) is 10.9 Å². The van der Waals surface area contributed by atoms with E-state index in [2.05, 4.69) is 4.98 Å². The summed E-state index contributed by atoms with van der Waals surface area (Å²) in [5, 5.41) is 9.46. The van der Waals surface area contributed by atoms with Crippen molar-refractivity contribution in [1.82, 2.24) is 4.98 Å². The Bertz CT molecular complexity index is 562. The first-order chi connectivity index (χ1) is 7.00. The zero-order valence-electron chi connectivity index (χ0n) is 7.77. The summed E-state index contributed by atoms with van der Waals surface area (Å²) in [6.45, 7) is 1.65. The average Bonchev–Trinajstić information content (AvgIpc) is 2.46. The van der Waals surface area contributed by atoms with E-state index in [0.717, 1.165) is 0 Å². The molecule has 5 heteroatoms. The molecule has 78 valence electrons. The lowest BCUT2D eigenvalue weighted by Gasteiger charge is -1.95.